The Balaban J connectivity index is 2.25. The molecule has 0 unspecified atom stereocenters. The number of aromatic nitrogens is 2. The molecule has 1 N–H and O–H groups in total. The van der Waals surface area contributed by atoms with E-state index in [9.17, 15) is 14.4 Å². The van der Waals surface area contributed by atoms with E-state index < -0.39 is 23.3 Å². The van der Waals surface area contributed by atoms with E-state index in [2.05, 4.69) is 10.3 Å². The van der Waals surface area contributed by atoms with Crippen LogP contribution in [0.15, 0.2) is 53.3 Å². The lowest BCUT2D eigenvalue weighted by atomic mass is 10.1. The van der Waals surface area contributed by atoms with Gasteiger partial charge in [-0.25, -0.2) is 9.78 Å². The van der Waals surface area contributed by atoms with Gasteiger partial charge in [0.15, 0.2) is 0 Å². The molecule has 0 aliphatic carbocycles. The molecule has 0 aliphatic rings. The third kappa shape index (κ3) is 5.70. The summed E-state index contributed by atoms with van der Waals surface area (Å²) in [6.45, 7) is 5.22. The number of rotatable bonds is 5. The Morgan fingerprint density at radius 2 is 1.79 bits per heavy atom. The van der Waals surface area contributed by atoms with Crippen molar-refractivity contribution in [3.05, 3.63) is 69.7 Å². The molecule has 0 bridgehead atoms. The SMILES string of the molecule is CN(C)C(=O)C[C@H](NC(=O)OC(C)(C)C)c1nc2cccc(Cl)c2c(=O)n1-c1ccccc1. The average Bonchev–Trinajstić information content (AvgIpc) is 2.72. The van der Waals surface area contributed by atoms with Crippen molar-refractivity contribution < 1.29 is 14.3 Å². The largest absolute Gasteiger partial charge is 0.444 e. The predicted octanol–water partition coefficient (Wildman–Crippen LogP) is 4.08. The Morgan fingerprint density at radius 3 is 2.39 bits per heavy atom. The summed E-state index contributed by atoms with van der Waals surface area (Å²) in [4.78, 5) is 45.0. The number of halogens is 1. The van der Waals surface area contributed by atoms with Crippen LogP contribution in [-0.2, 0) is 9.53 Å². The lowest BCUT2D eigenvalue weighted by Gasteiger charge is -2.26. The molecule has 2 aromatic carbocycles. The Hall–Kier alpha value is -3.39. The van der Waals surface area contributed by atoms with E-state index >= 15 is 0 Å². The van der Waals surface area contributed by atoms with Crippen LogP contribution in [0.5, 0.6) is 0 Å². The summed E-state index contributed by atoms with van der Waals surface area (Å²) in [7, 11) is 3.23. The zero-order chi connectivity index (χ0) is 24.3. The van der Waals surface area contributed by atoms with Gasteiger partial charge in [0.2, 0.25) is 5.91 Å². The average molecular weight is 471 g/mol. The quantitative estimate of drug-likeness (QED) is 0.606. The van der Waals surface area contributed by atoms with Crippen LogP contribution >= 0.6 is 11.6 Å². The fraction of sp³-hybridized carbons (Fsp3) is 0.333. The number of hydrogen-bond donors (Lipinski definition) is 1. The number of alkyl carbamates (subject to hydrolysis) is 1. The first-order valence-corrected chi connectivity index (χ1v) is 10.8. The summed E-state index contributed by atoms with van der Waals surface area (Å²) in [5.41, 5.74) is -0.257. The van der Waals surface area contributed by atoms with Crippen LogP contribution in [0.25, 0.3) is 16.6 Å². The number of nitrogens with one attached hydrogen (secondary N) is 1. The van der Waals surface area contributed by atoms with Crippen molar-refractivity contribution in [2.45, 2.75) is 38.8 Å². The first-order chi connectivity index (χ1) is 15.5. The van der Waals surface area contributed by atoms with E-state index in [0.717, 1.165) is 0 Å². The Bertz CT molecular complexity index is 1230. The Labute approximate surface area is 197 Å². The van der Waals surface area contributed by atoms with Gasteiger partial charge in [0.05, 0.1) is 34.1 Å². The van der Waals surface area contributed by atoms with Crippen molar-refractivity contribution in [3.63, 3.8) is 0 Å². The van der Waals surface area contributed by atoms with Gasteiger partial charge < -0.3 is 15.0 Å². The molecular formula is C24H27ClN4O4. The van der Waals surface area contributed by atoms with Crippen LogP contribution in [0.1, 0.15) is 39.1 Å². The third-order valence-corrected chi connectivity index (χ3v) is 5.08. The minimum atomic E-state index is -0.939. The highest BCUT2D eigenvalue weighted by atomic mass is 35.5. The summed E-state index contributed by atoms with van der Waals surface area (Å²) in [6.07, 6.45) is -0.850. The van der Waals surface area contributed by atoms with Crippen LogP contribution in [0, 0.1) is 0 Å². The number of fused-ring (bicyclic) bond motifs is 1. The van der Waals surface area contributed by atoms with Gasteiger partial charge in [-0.3, -0.25) is 14.2 Å². The van der Waals surface area contributed by atoms with Crippen molar-refractivity contribution in [1.82, 2.24) is 19.8 Å². The molecule has 0 saturated heterocycles. The maximum Gasteiger partial charge on any atom is 0.408 e. The number of benzene rings is 2. The third-order valence-electron chi connectivity index (χ3n) is 4.77. The van der Waals surface area contributed by atoms with Gasteiger partial charge in [-0.05, 0) is 45.0 Å². The first kappa shape index (κ1) is 24.3. The Morgan fingerprint density at radius 1 is 1.12 bits per heavy atom. The van der Waals surface area contributed by atoms with Gasteiger partial charge in [-0.2, -0.15) is 0 Å². The minimum absolute atomic E-state index is 0.127. The molecule has 1 aromatic heterocycles. The highest BCUT2D eigenvalue weighted by Crippen LogP contribution is 2.25. The van der Waals surface area contributed by atoms with E-state index in [-0.39, 0.29) is 28.6 Å². The molecule has 0 fully saturated rings. The first-order valence-electron chi connectivity index (χ1n) is 10.4. The number of carbonyl (C=O) groups excluding carboxylic acids is 2. The molecule has 174 valence electrons. The van der Waals surface area contributed by atoms with Gasteiger partial charge >= 0.3 is 6.09 Å². The van der Waals surface area contributed by atoms with Gasteiger partial charge in [-0.15, -0.1) is 0 Å². The van der Waals surface area contributed by atoms with E-state index in [0.29, 0.717) is 11.2 Å². The van der Waals surface area contributed by atoms with Gasteiger partial charge in [0.25, 0.3) is 5.56 Å². The molecule has 2 amide bonds. The lowest BCUT2D eigenvalue weighted by Crippen LogP contribution is -2.40. The summed E-state index contributed by atoms with van der Waals surface area (Å²) in [5, 5.41) is 3.25. The molecular weight excluding hydrogens is 444 g/mol. The molecule has 0 saturated carbocycles. The van der Waals surface area contributed by atoms with E-state index in [1.165, 1.54) is 9.47 Å². The van der Waals surface area contributed by atoms with Crippen molar-refractivity contribution >= 4 is 34.5 Å². The number of para-hydroxylation sites is 1. The fourth-order valence-corrected chi connectivity index (χ4v) is 3.53. The van der Waals surface area contributed by atoms with Crippen LogP contribution in [0.3, 0.4) is 0 Å². The predicted molar refractivity (Wildman–Crippen MR) is 128 cm³/mol. The second-order valence-electron chi connectivity index (χ2n) is 8.77. The van der Waals surface area contributed by atoms with Gasteiger partial charge in [-0.1, -0.05) is 35.9 Å². The topological polar surface area (TPSA) is 93.5 Å². The number of amides is 2. The van der Waals surface area contributed by atoms with Crippen molar-refractivity contribution in [1.29, 1.82) is 0 Å². The van der Waals surface area contributed by atoms with Crippen LogP contribution in [0.4, 0.5) is 4.79 Å². The van der Waals surface area contributed by atoms with Crippen LogP contribution in [0.2, 0.25) is 5.02 Å². The van der Waals surface area contributed by atoms with Gasteiger partial charge in [0, 0.05) is 14.1 Å². The van der Waals surface area contributed by atoms with Crippen molar-refractivity contribution in [3.8, 4) is 5.69 Å². The number of carbonyl (C=O) groups is 2. The molecule has 0 spiro atoms. The van der Waals surface area contributed by atoms with E-state index in [1.807, 2.05) is 6.07 Å². The Kier molecular flexibility index (Phi) is 7.07. The van der Waals surface area contributed by atoms with Crippen molar-refractivity contribution in [2.75, 3.05) is 14.1 Å². The summed E-state index contributed by atoms with van der Waals surface area (Å²) < 4.78 is 6.78. The van der Waals surface area contributed by atoms with Crippen molar-refractivity contribution in [2.24, 2.45) is 0 Å². The molecule has 0 aliphatic heterocycles. The monoisotopic (exact) mass is 470 g/mol. The van der Waals surface area contributed by atoms with E-state index in [1.54, 1.807) is 77.3 Å². The molecule has 3 rings (SSSR count). The molecule has 8 nitrogen and oxygen atoms in total. The maximum absolute atomic E-state index is 13.6. The number of ether oxygens (including phenoxy) is 1. The van der Waals surface area contributed by atoms with Crippen LogP contribution in [-0.4, -0.2) is 46.1 Å². The highest BCUT2D eigenvalue weighted by Gasteiger charge is 2.28. The van der Waals surface area contributed by atoms with E-state index in [4.69, 9.17) is 16.3 Å². The number of hydrogen-bond acceptors (Lipinski definition) is 5. The fourth-order valence-electron chi connectivity index (χ4n) is 3.28. The number of nitrogens with zero attached hydrogens (tertiary/aromatic N) is 3. The summed E-state index contributed by atoms with van der Waals surface area (Å²) in [5.74, 6) is -0.0573. The maximum atomic E-state index is 13.6. The zero-order valence-electron chi connectivity index (χ0n) is 19.3. The van der Waals surface area contributed by atoms with Crippen LogP contribution < -0.4 is 10.9 Å². The standard InChI is InChI=1S/C24H27ClN4O4/c1-24(2,3)33-23(32)27-18(14-19(30)28(4)5)21-26-17-13-9-12-16(25)20(17)22(31)29(21)15-10-7-6-8-11-15/h6-13,18H,14H2,1-5H3,(H,27,32)/t18-/m0/s1. The molecule has 1 heterocycles. The second-order valence-corrected chi connectivity index (χ2v) is 9.18. The molecule has 1 atom stereocenters. The minimum Gasteiger partial charge on any atom is -0.444 e. The molecule has 9 heteroatoms. The second kappa shape index (κ2) is 9.62. The zero-order valence-corrected chi connectivity index (χ0v) is 20.0. The normalized spacial score (nSPS) is 12.3. The summed E-state index contributed by atoms with van der Waals surface area (Å²) in [6, 6.07) is 12.9. The highest BCUT2D eigenvalue weighted by molar-refractivity contribution is 6.35. The smallest absolute Gasteiger partial charge is 0.408 e. The van der Waals surface area contributed by atoms with Gasteiger partial charge in [0.1, 0.15) is 11.4 Å². The molecule has 3 aromatic rings. The molecule has 33 heavy (non-hydrogen) atoms. The lowest BCUT2D eigenvalue weighted by molar-refractivity contribution is -0.129. The molecule has 0 radical (unpaired) electrons. The summed E-state index contributed by atoms with van der Waals surface area (Å²) >= 11 is 6.33.